The molecule has 1 aliphatic heterocycles. The smallest absolute Gasteiger partial charge is 0.264 e. The van der Waals surface area contributed by atoms with Crippen molar-refractivity contribution < 1.29 is 13.2 Å². The van der Waals surface area contributed by atoms with E-state index in [1.165, 1.54) is 24.3 Å². The van der Waals surface area contributed by atoms with E-state index < -0.39 is 10.0 Å². The number of rotatable bonds is 5. The van der Waals surface area contributed by atoms with Crippen molar-refractivity contribution >= 4 is 44.8 Å². The number of carbonyl (C=O) groups is 1. The van der Waals surface area contributed by atoms with Crippen molar-refractivity contribution in [3.8, 4) is 0 Å². The Hall–Kier alpha value is -1.80. The average Bonchev–Trinajstić information content (AvgIpc) is 2.69. The number of benzene rings is 2. The maximum atomic E-state index is 13.3. The Balaban J connectivity index is 1.95. The van der Waals surface area contributed by atoms with Gasteiger partial charge in [0.05, 0.1) is 20.6 Å². The van der Waals surface area contributed by atoms with Gasteiger partial charge in [0, 0.05) is 26.2 Å². The Morgan fingerprint density at radius 1 is 1.00 bits per heavy atom. The Kier molecular flexibility index (Phi) is 6.50. The normalized spacial score (nSPS) is 15.5. The fourth-order valence-corrected chi connectivity index (χ4v) is 4.67. The van der Waals surface area contributed by atoms with Crippen LogP contribution in [0.25, 0.3) is 0 Å². The maximum Gasteiger partial charge on any atom is 0.264 e. The van der Waals surface area contributed by atoms with Crippen LogP contribution in [0.3, 0.4) is 0 Å². The van der Waals surface area contributed by atoms with Crippen molar-refractivity contribution in [3.05, 3.63) is 58.6 Å². The molecule has 0 N–H and O–H groups in total. The van der Waals surface area contributed by atoms with Gasteiger partial charge in [-0.2, -0.15) is 0 Å². The van der Waals surface area contributed by atoms with Crippen LogP contribution >= 0.6 is 23.2 Å². The summed E-state index contributed by atoms with van der Waals surface area (Å²) in [5.41, 5.74) is 0.292. The number of sulfonamides is 1. The van der Waals surface area contributed by atoms with Crippen LogP contribution in [0.15, 0.2) is 53.4 Å². The highest BCUT2D eigenvalue weighted by Crippen LogP contribution is 2.30. The zero-order valence-corrected chi connectivity index (χ0v) is 17.7. The van der Waals surface area contributed by atoms with E-state index in [1.807, 2.05) is 7.05 Å². The molecule has 0 aromatic heterocycles. The van der Waals surface area contributed by atoms with Gasteiger partial charge in [0.2, 0.25) is 5.91 Å². The summed E-state index contributed by atoms with van der Waals surface area (Å²) in [6.45, 7) is 2.33. The third kappa shape index (κ3) is 4.60. The number of likely N-dealkylation sites (N-methyl/N-ethyl adjacent to an activating group) is 1. The van der Waals surface area contributed by atoms with Crippen LogP contribution in [0.4, 0.5) is 5.69 Å². The fraction of sp³-hybridized carbons (Fsp3) is 0.316. The van der Waals surface area contributed by atoms with Crippen LogP contribution < -0.4 is 4.31 Å². The molecule has 1 aliphatic rings. The van der Waals surface area contributed by atoms with E-state index in [-0.39, 0.29) is 22.4 Å². The van der Waals surface area contributed by atoms with E-state index >= 15 is 0 Å². The highest BCUT2D eigenvalue weighted by Gasteiger charge is 2.30. The van der Waals surface area contributed by atoms with Gasteiger partial charge >= 0.3 is 0 Å². The molecule has 2 aromatic rings. The zero-order valence-electron chi connectivity index (χ0n) is 15.4. The van der Waals surface area contributed by atoms with Crippen LogP contribution in [0.2, 0.25) is 10.0 Å². The molecule has 150 valence electrons. The number of halogens is 2. The molecule has 1 saturated heterocycles. The van der Waals surface area contributed by atoms with Gasteiger partial charge in [-0.3, -0.25) is 9.10 Å². The Labute approximate surface area is 175 Å². The molecule has 0 atom stereocenters. The highest BCUT2D eigenvalue weighted by atomic mass is 35.5. The SMILES string of the molecule is CN1CCN(C(=O)CN(c2ccc(Cl)c(Cl)c2)S(=O)(=O)c2ccccc2)CC1. The molecule has 6 nitrogen and oxygen atoms in total. The third-order valence-electron chi connectivity index (χ3n) is 4.66. The number of amides is 1. The molecule has 1 amide bonds. The van der Waals surface area contributed by atoms with E-state index in [1.54, 1.807) is 29.2 Å². The number of hydrogen-bond donors (Lipinski definition) is 0. The Morgan fingerprint density at radius 2 is 1.64 bits per heavy atom. The van der Waals surface area contributed by atoms with Crippen LogP contribution in [-0.4, -0.2) is 63.9 Å². The predicted molar refractivity (Wildman–Crippen MR) is 112 cm³/mol. The summed E-state index contributed by atoms with van der Waals surface area (Å²) in [6, 6.07) is 12.5. The Bertz CT molecular complexity index is 946. The van der Waals surface area contributed by atoms with Gasteiger partial charge in [0.1, 0.15) is 6.54 Å². The topological polar surface area (TPSA) is 60.9 Å². The predicted octanol–water partition coefficient (Wildman–Crippen LogP) is 2.96. The van der Waals surface area contributed by atoms with Gasteiger partial charge in [-0.25, -0.2) is 8.42 Å². The summed E-state index contributed by atoms with van der Waals surface area (Å²) in [5, 5.41) is 0.535. The molecule has 3 rings (SSSR count). The van der Waals surface area contributed by atoms with Gasteiger partial charge in [0.25, 0.3) is 10.0 Å². The van der Waals surface area contributed by atoms with Gasteiger partial charge in [-0.1, -0.05) is 41.4 Å². The number of piperazine rings is 1. The molecule has 0 spiro atoms. The van der Waals surface area contributed by atoms with E-state index in [2.05, 4.69) is 4.90 Å². The van der Waals surface area contributed by atoms with E-state index in [0.717, 1.165) is 17.4 Å². The number of nitrogens with zero attached hydrogens (tertiary/aromatic N) is 3. The average molecular weight is 442 g/mol. The van der Waals surface area contributed by atoms with Crippen molar-refractivity contribution in [2.24, 2.45) is 0 Å². The minimum Gasteiger partial charge on any atom is -0.339 e. The van der Waals surface area contributed by atoms with Crippen molar-refractivity contribution in [2.45, 2.75) is 4.90 Å². The van der Waals surface area contributed by atoms with Gasteiger partial charge in [-0.15, -0.1) is 0 Å². The largest absolute Gasteiger partial charge is 0.339 e. The summed E-state index contributed by atoms with van der Waals surface area (Å²) >= 11 is 12.1. The molecule has 0 bridgehead atoms. The maximum absolute atomic E-state index is 13.3. The second-order valence-corrected chi connectivity index (χ2v) is 9.28. The van der Waals surface area contributed by atoms with E-state index in [9.17, 15) is 13.2 Å². The van der Waals surface area contributed by atoms with Gasteiger partial charge in [0.15, 0.2) is 0 Å². The lowest BCUT2D eigenvalue weighted by Crippen LogP contribution is -2.50. The molecule has 1 fully saturated rings. The minimum atomic E-state index is -3.95. The molecule has 1 heterocycles. The molecule has 9 heteroatoms. The third-order valence-corrected chi connectivity index (χ3v) is 7.18. The summed E-state index contributed by atoms with van der Waals surface area (Å²) < 4.78 is 27.6. The first-order valence-electron chi connectivity index (χ1n) is 8.78. The molecule has 0 radical (unpaired) electrons. The molecule has 28 heavy (non-hydrogen) atoms. The number of anilines is 1. The summed E-state index contributed by atoms with van der Waals surface area (Å²) in [7, 11) is -1.96. The van der Waals surface area contributed by atoms with Gasteiger partial charge in [-0.05, 0) is 37.4 Å². The summed E-state index contributed by atoms with van der Waals surface area (Å²) in [5.74, 6) is -0.251. The second-order valence-electron chi connectivity index (χ2n) is 6.61. The first kappa shape index (κ1) is 20.9. The van der Waals surface area contributed by atoms with E-state index in [0.29, 0.717) is 23.8 Å². The minimum absolute atomic E-state index is 0.104. The molecule has 2 aromatic carbocycles. The second kappa shape index (κ2) is 8.69. The van der Waals surface area contributed by atoms with E-state index in [4.69, 9.17) is 23.2 Å². The van der Waals surface area contributed by atoms with Crippen molar-refractivity contribution in [2.75, 3.05) is 44.1 Å². The first-order chi connectivity index (χ1) is 13.3. The molecule has 0 aliphatic carbocycles. The lowest BCUT2D eigenvalue weighted by molar-refractivity contribution is -0.131. The van der Waals surface area contributed by atoms with Crippen LogP contribution in [0.1, 0.15) is 0 Å². The monoisotopic (exact) mass is 441 g/mol. The van der Waals surface area contributed by atoms with Crippen LogP contribution in [0, 0.1) is 0 Å². The first-order valence-corrected chi connectivity index (χ1v) is 11.0. The molecule has 0 unspecified atom stereocenters. The number of carbonyl (C=O) groups excluding carboxylic acids is 1. The van der Waals surface area contributed by atoms with Crippen LogP contribution in [-0.2, 0) is 14.8 Å². The molecular formula is C19H21Cl2N3O3S. The lowest BCUT2D eigenvalue weighted by atomic mass is 10.3. The zero-order chi connectivity index (χ0) is 20.3. The standard InChI is InChI=1S/C19H21Cl2N3O3S/c1-22-9-11-23(12-10-22)19(25)14-24(15-7-8-17(20)18(21)13-15)28(26,27)16-5-3-2-4-6-16/h2-8,13H,9-12,14H2,1H3. The Morgan fingerprint density at radius 3 is 2.25 bits per heavy atom. The highest BCUT2D eigenvalue weighted by molar-refractivity contribution is 7.92. The molecule has 0 saturated carbocycles. The lowest BCUT2D eigenvalue weighted by Gasteiger charge is -2.34. The van der Waals surface area contributed by atoms with Gasteiger partial charge < -0.3 is 9.80 Å². The quantitative estimate of drug-likeness (QED) is 0.715. The van der Waals surface area contributed by atoms with Crippen LogP contribution in [0.5, 0.6) is 0 Å². The molecular weight excluding hydrogens is 421 g/mol. The number of hydrogen-bond acceptors (Lipinski definition) is 4. The summed E-state index contributed by atoms with van der Waals surface area (Å²) in [4.78, 5) is 16.8. The van der Waals surface area contributed by atoms with Crippen molar-refractivity contribution in [1.29, 1.82) is 0 Å². The fourth-order valence-electron chi connectivity index (χ4n) is 2.95. The summed E-state index contributed by atoms with van der Waals surface area (Å²) in [6.07, 6.45) is 0. The van der Waals surface area contributed by atoms with Crippen molar-refractivity contribution in [1.82, 2.24) is 9.80 Å². The van der Waals surface area contributed by atoms with Crippen molar-refractivity contribution in [3.63, 3.8) is 0 Å².